The standard InChI is InChI=1S/C3H3Cl2F3/c4-3(5,8)1-2(6)7/h2H,1H2. The van der Waals surface area contributed by atoms with Gasteiger partial charge in [-0.2, -0.15) is 0 Å². The molecule has 0 rings (SSSR count). The van der Waals surface area contributed by atoms with Crippen LogP contribution in [0.4, 0.5) is 13.2 Å². The molecule has 0 aromatic carbocycles. The summed E-state index contributed by atoms with van der Waals surface area (Å²) in [6, 6.07) is 0. The Hall–Kier alpha value is 0.370. The van der Waals surface area contributed by atoms with Crippen molar-refractivity contribution in [3.8, 4) is 0 Å². The molecule has 0 aliphatic heterocycles. The second-order valence-electron chi connectivity index (χ2n) is 1.21. The molecule has 0 saturated carbocycles. The van der Waals surface area contributed by atoms with Crippen molar-refractivity contribution in [2.45, 2.75) is 17.4 Å². The van der Waals surface area contributed by atoms with Gasteiger partial charge in [-0.1, -0.05) is 23.2 Å². The molecule has 0 aliphatic rings. The zero-order valence-electron chi connectivity index (χ0n) is 3.67. The summed E-state index contributed by atoms with van der Waals surface area (Å²) in [7, 11) is 0. The van der Waals surface area contributed by atoms with Crippen LogP contribution in [-0.2, 0) is 0 Å². The maximum atomic E-state index is 11.7. The van der Waals surface area contributed by atoms with Gasteiger partial charge in [0.1, 0.15) is 0 Å². The van der Waals surface area contributed by atoms with Crippen molar-refractivity contribution in [2.75, 3.05) is 0 Å². The van der Waals surface area contributed by atoms with Crippen LogP contribution in [0, 0.1) is 0 Å². The van der Waals surface area contributed by atoms with E-state index in [0.29, 0.717) is 0 Å². The third kappa shape index (κ3) is 6.37. The Balaban J connectivity index is 3.39. The smallest absolute Gasteiger partial charge is 0.210 e. The van der Waals surface area contributed by atoms with Crippen LogP contribution < -0.4 is 0 Å². The Morgan fingerprint density at radius 2 is 1.75 bits per heavy atom. The maximum absolute atomic E-state index is 11.7. The van der Waals surface area contributed by atoms with Gasteiger partial charge in [0.25, 0.3) is 4.59 Å². The van der Waals surface area contributed by atoms with Crippen molar-refractivity contribution in [1.82, 2.24) is 0 Å². The second kappa shape index (κ2) is 2.78. The molecule has 0 saturated heterocycles. The van der Waals surface area contributed by atoms with Gasteiger partial charge in [0.15, 0.2) is 0 Å². The topological polar surface area (TPSA) is 0 Å². The van der Waals surface area contributed by atoms with Crippen LogP contribution in [-0.4, -0.2) is 11.0 Å². The van der Waals surface area contributed by atoms with E-state index in [9.17, 15) is 13.2 Å². The summed E-state index contributed by atoms with van der Waals surface area (Å²) in [6.07, 6.45) is -3.94. The van der Waals surface area contributed by atoms with E-state index in [1.807, 2.05) is 0 Å². The molecule has 5 heteroatoms. The fourth-order valence-electron chi connectivity index (χ4n) is 0.175. The molecular weight excluding hydrogens is 164 g/mol. The molecule has 0 nitrogen and oxygen atoms in total. The van der Waals surface area contributed by atoms with Crippen molar-refractivity contribution in [3.63, 3.8) is 0 Å². The minimum absolute atomic E-state index is 1.14. The van der Waals surface area contributed by atoms with Crippen molar-refractivity contribution < 1.29 is 13.2 Å². The average molecular weight is 167 g/mol. The predicted octanol–water partition coefficient (Wildman–Crippen LogP) is 2.74. The summed E-state index contributed by atoms with van der Waals surface area (Å²) in [4.78, 5) is 0. The van der Waals surface area contributed by atoms with Crippen LogP contribution >= 0.6 is 23.2 Å². The highest BCUT2D eigenvalue weighted by molar-refractivity contribution is 6.47. The van der Waals surface area contributed by atoms with Crippen molar-refractivity contribution in [3.05, 3.63) is 0 Å². The van der Waals surface area contributed by atoms with Gasteiger partial charge in [-0.15, -0.1) is 0 Å². The minimum Gasteiger partial charge on any atom is -0.210 e. The van der Waals surface area contributed by atoms with Gasteiger partial charge in [0.2, 0.25) is 6.43 Å². The first-order chi connectivity index (χ1) is 3.42. The van der Waals surface area contributed by atoms with Crippen LogP contribution in [0.1, 0.15) is 6.42 Å². The summed E-state index contributed by atoms with van der Waals surface area (Å²) in [5.41, 5.74) is 0. The van der Waals surface area contributed by atoms with E-state index >= 15 is 0 Å². The maximum Gasteiger partial charge on any atom is 0.262 e. The monoisotopic (exact) mass is 166 g/mol. The number of hydrogen-bond acceptors (Lipinski definition) is 0. The van der Waals surface area contributed by atoms with Crippen molar-refractivity contribution in [1.29, 1.82) is 0 Å². The van der Waals surface area contributed by atoms with E-state index in [1.165, 1.54) is 0 Å². The van der Waals surface area contributed by atoms with Gasteiger partial charge >= 0.3 is 0 Å². The second-order valence-corrected chi connectivity index (χ2v) is 2.60. The molecule has 0 aromatic rings. The molecule has 50 valence electrons. The molecule has 0 bridgehead atoms. The highest BCUT2D eigenvalue weighted by atomic mass is 35.5. The molecule has 0 unspecified atom stereocenters. The van der Waals surface area contributed by atoms with Gasteiger partial charge in [0, 0.05) is 0 Å². The third-order valence-electron chi connectivity index (χ3n) is 0.386. The first-order valence-corrected chi connectivity index (χ1v) is 2.52. The number of hydrogen-bond donors (Lipinski definition) is 0. The normalized spacial score (nSPS) is 12.8. The Kier molecular flexibility index (Phi) is 2.91. The molecule has 0 aromatic heterocycles. The first kappa shape index (κ1) is 8.37. The SMILES string of the molecule is FC(F)CC(F)(Cl)Cl. The number of halogens is 5. The van der Waals surface area contributed by atoms with Gasteiger partial charge in [-0.05, 0) is 0 Å². The molecule has 0 spiro atoms. The lowest BCUT2D eigenvalue weighted by Crippen LogP contribution is -2.09. The fourth-order valence-corrected chi connectivity index (χ4v) is 0.408. The van der Waals surface area contributed by atoms with Crippen LogP contribution in [0.5, 0.6) is 0 Å². The van der Waals surface area contributed by atoms with Crippen LogP contribution in [0.2, 0.25) is 0 Å². The Bertz CT molecular complexity index is 67.4. The molecule has 8 heavy (non-hydrogen) atoms. The van der Waals surface area contributed by atoms with E-state index in [2.05, 4.69) is 23.2 Å². The highest BCUT2D eigenvalue weighted by Gasteiger charge is 2.26. The van der Waals surface area contributed by atoms with Gasteiger partial charge < -0.3 is 0 Å². The Morgan fingerprint density at radius 1 is 1.38 bits per heavy atom. The van der Waals surface area contributed by atoms with Crippen molar-refractivity contribution >= 4 is 23.2 Å². The molecule has 0 heterocycles. The highest BCUT2D eigenvalue weighted by Crippen LogP contribution is 2.29. The van der Waals surface area contributed by atoms with E-state index in [-0.39, 0.29) is 0 Å². The largest absolute Gasteiger partial charge is 0.262 e. The van der Waals surface area contributed by atoms with E-state index < -0.39 is 17.4 Å². The Labute approximate surface area is 54.6 Å². The van der Waals surface area contributed by atoms with Gasteiger partial charge in [-0.3, -0.25) is 0 Å². The lowest BCUT2D eigenvalue weighted by molar-refractivity contribution is 0.110. The zero-order chi connectivity index (χ0) is 6.78. The van der Waals surface area contributed by atoms with Crippen LogP contribution in [0.25, 0.3) is 0 Å². The quantitative estimate of drug-likeness (QED) is 0.554. The summed E-state index contributed by atoms with van der Waals surface area (Å²) in [5.74, 6) is 0. The predicted molar refractivity (Wildman–Crippen MR) is 26.2 cm³/mol. The molecule has 0 fully saturated rings. The number of rotatable bonds is 2. The van der Waals surface area contributed by atoms with Gasteiger partial charge in [-0.25, -0.2) is 13.2 Å². The van der Waals surface area contributed by atoms with Crippen LogP contribution in [0.15, 0.2) is 0 Å². The number of alkyl halides is 5. The molecule has 0 N–H and O–H groups in total. The third-order valence-corrected chi connectivity index (χ3v) is 0.694. The molecule has 0 radical (unpaired) electrons. The lowest BCUT2D eigenvalue weighted by Gasteiger charge is -2.05. The summed E-state index contributed by atoms with van der Waals surface area (Å²) in [5, 5.41) is 0. The van der Waals surface area contributed by atoms with Crippen LogP contribution in [0.3, 0.4) is 0 Å². The first-order valence-electron chi connectivity index (χ1n) is 1.77. The molecule has 0 atom stereocenters. The minimum atomic E-state index is -2.80. The van der Waals surface area contributed by atoms with E-state index in [4.69, 9.17) is 0 Å². The fraction of sp³-hybridized carbons (Fsp3) is 1.00. The zero-order valence-corrected chi connectivity index (χ0v) is 5.19. The summed E-state index contributed by atoms with van der Waals surface area (Å²) < 4.78 is 31.2. The summed E-state index contributed by atoms with van der Waals surface area (Å²) >= 11 is 9.09. The van der Waals surface area contributed by atoms with Crippen molar-refractivity contribution in [2.24, 2.45) is 0 Å². The lowest BCUT2D eigenvalue weighted by atomic mass is 10.5. The van der Waals surface area contributed by atoms with Gasteiger partial charge in [0.05, 0.1) is 6.42 Å². The Morgan fingerprint density at radius 3 is 1.75 bits per heavy atom. The van der Waals surface area contributed by atoms with E-state index in [0.717, 1.165) is 0 Å². The summed E-state index contributed by atoms with van der Waals surface area (Å²) in [6.45, 7) is 0. The molecule has 0 aliphatic carbocycles. The van der Waals surface area contributed by atoms with E-state index in [1.54, 1.807) is 0 Å². The molecule has 0 amide bonds. The average Bonchev–Trinajstić information content (AvgIpc) is 1.21. The molecular formula is C3H3Cl2F3.